The number of benzene rings is 2. The highest BCUT2D eigenvalue weighted by Crippen LogP contribution is 2.22. The second-order valence-electron chi connectivity index (χ2n) is 6.33. The van der Waals surface area contributed by atoms with E-state index in [4.69, 9.17) is 9.47 Å². The Balaban J connectivity index is 1.68. The molecule has 1 aliphatic heterocycles. The second kappa shape index (κ2) is 9.56. The highest BCUT2D eigenvalue weighted by Gasteiger charge is 2.18. The third kappa shape index (κ3) is 5.44. The van der Waals surface area contributed by atoms with Gasteiger partial charge in [-0.3, -0.25) is 4.79 Å². The summed E-state index contributed by atoms with van der Waals surface area (Å²) in [5.74, 6) is 0.229. The molecule has 0 bridgehead atoms. The van der Waals surface area contributed by atoms with E-state index in [0.29, 0.717) is 24.5 Å². The number of nitrogens with zero attached hydrogens (tertiary/aromatic N) is 1. The molecule has 1 atom stereocenters. The summed E-state index contributed by atoms with van der Waals surface area (Å²) in [6.07, 6.45) is 3.54. The first-order valence-corrected chi connectivity index (χ1v) is 9.03. The van der Waals surface area contributed by atoms with Crippen molar-refractivity contribution in [2.45, 2.75) is 25.6 Å². The Hall–Kier alpha value is -3.10. The Morgan fingerprint density at radius 2 is 2.00 bits per heavy atom. The Bertz CT molecular complexity index is 834. The van der Waals surface area contributed by atoms with Gasteiger partial charge in [-0.25, -0.2) is 0 Å². The van der Waals surface area contributed by atoms with E-state index in [1.54, 1.807) is 6.08 Å². The molecule has 1 aliphatic rings. The van der Waals surface area contributed by atoms with Crippen LogP contribution in [0, 0.1) is 11.3 Å². The van der Waals surface area contributed by atoms with Crippen molar-refractivity contribution in [1.29, 1.82) is 5.26 Å². The van der Waals surface area contributed by atoms with E-state index in [0.717, 1.165) is 25.0 Å². The smallest absolute Gasteiger partial charge is 0.262 e. The minimum Gasteiger partial charge on any atom is -0.488 e. The fourth-order valence-electron chi connectivity index (χ4n) is 2.88. The van der Waals surface area contributed by atoms with Gasteiger partial charge in [0.15, 0.2) is 0 Å². The molecule has 2 aromatic rings. The van der Waals surface area contributed by atoms with Gasteiger partial charge in [-0.1, -0.05) is 48.5 Å². The third-order valence-electron chi connectivity index (χ3n) is 4.34. The van der Waals surface area contributed by atoms with Crippen LogP contribution in [0.1, 0.15) is 24.0 Å². The summed E-state index contributed by atoms with van der Waals surface area (Å²) in [5.41, 5.74) is 1.78. The van der Waals surface area contributed by atoms with Crippen molar-refractivity contribution < 1.29 is 14.3 Å². The maximum absolute atomic E-state index is 12.3. The number of amides is 1. The zero-order valence-electron chi connectivity index (χ0n) is 15.1. The van der Waals surface area contributed by atoms with E-state index in [2.05, 4.69) is 5.32 Å². The van der Waals surface area contributed by atoms with Crippen LogP contribution in [0.4, 0.5) is 0 Å². The van der Waals surface area contributed by atoms with Gasteiger partial charge < -0.3 is 14.8 Å². The molecule has 0 radical (unpaired) electrons. The standard InChI is InChI=1S/C22H22N2O3/c23-14-19(22(25)24-15-20-10-6-12-26-20)13-18-9-4-5-11-21(18)27-16-17-7-2-1-3-8-17/h1-5,7-9,11,13,20H,6,10,12,15-16H2,(H,24,25)/b19-13+/t20-/m1/s1. The van der Waals surface area contributed by atoms with Crippen LogP contribution in [-0.2, 0) is 16.1 Å². The van der Waals surface area contributed by atoms with Gasteiger partial charge in [0.2, 0.25) is 0 Å². The van der Waals surface area contributed by atoms with Crippen molar-refractivity contribution in [3.63, 3.8) is 0 Å². The maximum atomic E-state index is 12.3. The molecule has 0 unspecified atom stereocenters. The molecule has 138 valence electrons. The highest BCUT2D eigenvalue weighted by molar-refractivity contribution is 6.02. The summed E-state index contributed by atoms with van der Waals surface area (Å²) in [7, 11) is 0. The van der Waals surface area contributed by atoms with Crippen LogP contribution < -0.4 is 10.1 Å². The van der Waals surface area contributed by atoms with Crippen molar-refractivity contribution in [2.24, 2.45) is 0 Å². The summed E-state index contributed by atoms with van der Waals surface area (Å²) < 4.78 is 11.4. The van der Waals surface area contributed by atoms with Crippen LogP contribution in [-0.4, -0.2) is 25.2 Å². The molecule has 5 nitrogen and oxygen atoms in total. The van der Waals surface area contributed by atoms with Crippen molar-refractivity contribution in [3.8, 4) is 11.8 Å². The predicted octanol–water partition coefficient (Wildman–Crippen LogP) is 3.47. The average molecular weight is 362 g/mol. The molecule has 1 heterocycles. The first-order valence-electron chi connectivity index (χ1n) is 9.03. The highest BCUT2D eigenvalue weighted by atomic mass is 16.5. The van der Waals surface area contributed by atoms with Crippen molar-refractivity contribution in [1.82, 2.24) is 5.32 Å². The minimum absolute atomic E-state index is 0.0374. The Kier molecular flexibility index (Phi) is 6.61. The zero-order valence-corrected chi connectivity index (χ0v) is 15.1. The number of nitrogens with one attached hydrogen (secondary N) is 1. The van der Waals surface area contributed by atoms with Gasteiger partial charge in [0.1, 0.15) is 24.0 Å². The first-order chi connectivity index (χ1) is 13.3. The van der Waals surface area contributed by atoms with Gasteiger partial charge in [-0.15, -0.1) is 0 Å². The van der Waals surface area contributed by atoms with E-state index in [9.17, 15) is 10.1 Å². The van der Waals surface area contributed by atoms with Crippen LogP contribution in [0.2, 0.25) is 0 Å². The Morgan fingerprint density at radius 3 is 2.74 bits per heavy atom. The molecular weight excluding hydrogens is 340 g/mol. The van der Waals surface area contributed by atoms with E-state index < -0.39 is 5.91 Å². The lowest BCUT2D eigenvalue weighted by atomic mass is 10.1. The van der Waals surface area contributed by atoms with E-state index >= 15 is 0 Å². The number of hydrogen-bond donors (Lipinski definition) is 1. The van der Waals surface area contributed by atoms with Gasteiger partial charge >= 0.3 is 0 Å². The lowest BCUT2D eigenvalue weighted by molar-refractivity contribution is -0.117. The van der Waals surface area contributed by atoms with Gasteiger partial charge in [0.25, 0.3) is 5.91 Å². The summed E-state index contributed by atoms with van der Waals surface area (Å²) in [4.78, 5) is 12.3. The molecule has 3 rings (SSSR count). The van der Waals surface area contributed by atoms with Crippen LogP contribution in [0.15, 0.2) is 60.2 Å². The number of carbonyl (C=O) groups excluding carboxylic acids is 1. The molecule has 0 aliphatic carbocycles. The molecule has 27 heavy (non-hydrogen) atoms. The summed E-state index contributed by atoms with van der Waals surface area (Å²) in [6, 6.07) is 19.2. The van der Waals surface area contributed by atoms with E-state index in [1.165, 1.54) is 0 Å². The molecule has 0 aromatic heterocycles. The van der Waals surface area contributed by atoms with E-state index in [-0.39, 0.29) is 11.7 Å². The van der Waals surface area contributed by atoms with E-state index in [1.807, 2.05) is 60.7 Å². The first kappa shape index (κ1) is 18.7. The van der Waals surface area contributed by atoms with Crippen LogP contribution >= 0.6 is 0 Å². The zero-order chi connectivity index (χ0) is 18.9. The topological polar surface area (TPSA) is 71.3 Å². The molecule has 1 N–H and O–H groups in total. The summed E-state index contributed by atoms with van der Waals surface area (Å²) in [6.45, 7) is 1.57. The largest absolute Gasteiger partial charge is 0.488 e. The molecule has 0 saturated carbocycles. The fraction of sp³-hybridized carbons (Fsp3) is 0.273. The lowest BCUT2D eigenvalue weighted by Crippen LogP contribution is -2.32. The molecular formula is C22H22N2O3. The molecule has 2 aromatic carbocycles. The number of carbonyl (C=O) groups is 1. The minimum atomic E-state index is -0.397. The van der Waals surface area contributed by atoms with Gasteiger partial charge in [-0.05, 0) is 30.5 Å². The van der Waals surface area contributed by atoms with Crippen LogP contribution in [0.25, 0.3) is 6.08 Å². The second-order valence-corrected chi connectivity index (χ2v) is 6.33. The number of para-hydroxylation sites is 1. The van der Waals surface area contributed by atoms with Crippen molar-refractivity contribution in [3.05, 3.63) is 71.3 Å². The Morgan fingerprint density at radius 1 is 1.22 bits per heavy atom. The maximum Gasteiger partial charge on any atom is 0.262 e. The normalized spacial score (nSPS) is 16.6. The number of hydrogen-bond acceptors (Lipinski definition) is 4. The van der Waals surface area contributed by atoms with Gasteiger partial charge in [0, 0.05) is 18.7 Å². The molecule has 1 fully saturated rings. The van der Waals surface area contributed by atoms with Crippen molar-refractivity contribution >= 4 is 12.0 Å². The summed E-state index contributed by atoms with van der Waals surface area (Å²) >= 11 is 0. The fourth-order valence-corrected chi connectivity index (χ4v) is 2.88. The lowest BCUT2D eigenvalue weighted by Gasteiger charge is -2.11. The SMILES string of the molecule is N#C/C(=C\c1ccccc1OCc1ccccc1)C(=O)NC[C@H]1CCCO1. The third-order valence-corrected chi connectivity index (χ3v) is 4.34. The number of rotatable bonds is 7. The van der Waals surface area contributed by atoms with Gasteiger partial charge in [0.05, 0.1) is 6.10 Å². The predicted molar refractivity (Wildman–Crippen MR) is 103 cm³/mol. The molecule has 5 heteroatoms. The monoisotopic (exact) mass is 362 g/mol. The van der Waals surface area contributed by atoms with Crippen LogP contribution in [0.5, 0.6) is 5.75 Å². The molecule has 0 spiro atoms. The van der Waals surface area contributed by atoms with Crippen LogP contribution in [0.3, 0.4) is 0 Å². The quantitative estimate of drug-likeness (QED) is 0.605. The molecule has 1 amide bonds. The molecule has 1 saturated heterocycles. The number of nitriles is 1. The average Bonchev–Trinajstić information content (AvgIpc) is 3.24. The Labute approximate surface area is 159 Å². The van der Waals surface area contributed by atoms with Crippen molar-refractivity contribution in [2.75, 3.05) is 13.2 Å². The van der Waals surface area contributed by atoms with Gasteiger partial charge in [-0.2, -0.15) is 5.26 Å². The number of ether oxygens (including phenoxy) is 2. The summed E-state index contributed by atoms with van der Waals surface area (Å²) in [5, 5.41) is 12.2.